The third-order valence-corrected chi connectivity index (χ3v) is 5.38. The molecule has 2 heteroatoms. The van der Waals surface area contributed by atoms with Gasteiger partial charge >= 0.3 is 0 Å². The minimum atomic E-state index is 0.486. The SMILES string of the molecule is CCCC(C)COC1CC(NCC)C12CCCCC2. The van der Waals surface area contributed by atoms with Gasteiger partial charge in [-0.1, -0.05) is 46.5 Å². The van der Waals surface area contributed by atoms with Crippen molar-refractivity contribution in [1.82, 2.24) is 5.32 Å². The van der Waals surface area contributed by atoms with Crippen LogP contribution in [0.25, 0.3) is 0 Å². The van der Waals surface area contributed by atoms with Gasteiger partial charge in [0, 0.05) is 18.1 Å². The molecule has 2 nitrogen and oxygen atoms in total. The van der Waals surface area contributed by atoms with E-state index in [4.69, 9.17) is 4.74 Å². The molecule has 0 aromatic rings. The van der Waals surface area contributed by atoms with Gasteiger partial charge in [-0.3, -0.25) is 0 Å². The third kappa shape index (κ3) is 3.33. The molecule has 19 heavy (non-hydrogen) atoms. The van der Waals surface area contributed by atoms with E-state index in [0.717, 1.165) is 25.1 Å². The van der Waals surface area contributed by atoms with Crippen molar-refractivity contribution in [2.45, 2.75) is 84.3 Å². The fourth-order valence-corrected chi connectivity index (χ4v) is 4.25. The van der Waals surface area contributed by atoms with Gasteiger partial charge in [-0.2, -0.15) is 0 Å². The van der Waals surface area contributed by atoms with E-state index in [-0.39, 0.29) is 0 Å². The van der Waals surface area contributed by atoms with Gasteiger partial charge in [0.1, 0.15) is 0 Å². The Labute approximate surface area is 119 Å². The number of rotatable bonds is 7. The molecule has 2 fully saturated rings. The lowest BCUT2D eigenvalue weighted by atomic mass is 9.55. The highest BCUT2D eigenvalue weighted by Crippen LogP contribution is 2.53. The highest BCUT2D eigenvalue weighted by atomic mass is 16.5. The molecule has 2 aliphatic rings. The van der Waals surface area contributed by atoms with E-state index in [9.17, 15) is 0 Å². The van der Waals surface area contributed by atoms with Crippen LogP contribution in [0.4, 0.5) is 0 Å². The lowest BCUT2D eigenvalue weighted by Crippen LogP contribution is -2.64. The Morgan fingerprint density at radius 2 is 1.95 bits per heavy atom. The Balaban J connectivity index is 1.86. The first-order valence-corrected chi connectivity index (χ1v) is 8.58. The fourth-order valence-electron chi connectivity index (χ4n) is 4.25. The average molecular weight is 267 g/mol. The van der Waals surface area contributed by atoms with Crippen molar-refractivity contribution in [3.05, 3.63) is 0 Å². The minimum absolute atomic E-state index is 0.486. The first-order chi connectivity index (χ1) is 9.23. The largest absolute Gasteiger partial charge is 0.377 e. The van der Waals surface area contributed by atoms with Gasteiger partial charge in [-0.25, -0.2) is 0 Å². The summed E-state index contributed by atoms with van der Waals surface area (Å²) in [4.78, 5) is 0. The maximum atomic E-state index is 6.32. The minimum Gasteiger partial charge on any atom is -0.377 e. The quantitative estimate of drug-likeness (QED) is 0.748. The Kier molecular flexibility index (Phi) is 5.70. The van der Waals surface area contributed by atoms with E-state index in [1.807, 2.05) is 0 Å². The molecule has 2 saturated carbocycles. The maximum Gasteiger partial charge on any atom is 0.0661 e. The Bertz CT molecular complexity index is 260. The molecule has 1 N–H and O–H groups in total. The van der Waals surface area contributed by atoms with Crippen molar-refractivity contribution < 1.29 is 4.74 Å². The number of hydrogen-bond donors (Lipinski definition) is 1. The van der Waals surface area contributed by atoms with Crippen LogP contribution in [0, 0.1) is 11.3 Å². The molecule has 0 amide bonds. The summed E-state index contributed by atoms with van der Waals surface area (Å²) in [5.41, 5.74) is 0.486. The maximum absolute atomic E-state index is 6.32. The van der Waals surface area contributed by atoms with E-state index in [2.05, 4.69) is 26.1 Å². The van der Waals surface area contributed by atoms with Crippen molar-refractivity contribution in [1.29, 1.82) is 0 Å². The Hall–Kier alpha value is -0.0800. The molecule has 3 unspecified atom stereocenters. The first kappa shape index (κ1) is 15.3. The lowest BCUT2D eigenvalue weighted by molar-refractivity contribution is -0.158. The molecule has 0 aromatic heterocycles. The molecule has 3 atom stereocenters. The third-order valence-electron chi connectivity index (χ3n) is 5.38. The molecular weight excluding hydrogens is 234 g/mol. The van der Waals surface area contributed by atoms with Crippen LogP contribution < -0.4 is 5.32 Å². The van der Waals surface area contributed by atoms with Crippen LogP contribution in [-0.4, -0.2) is 25.3 Å². The molecule has 0 aromatic carbocycles. The smallest absolute Gasteiger partial charge is 0.0661 e. The number of nitrogens with one attached hydrogen (secondary N) is 1. The lowest BCUT2D eigenvalue weighted by Gasteiger charge is -2.58. The second-order valence-corrected chi connectivity index (χ2v) is 6.86. The molecular formula is C17H33NO. The molecule has 1 spiro atoms. The summed E-state index contributed by atoms with van der Waals surface area (Å²) in [6.45, 7) is 8.90. The highest BCUT2D eigenvalue weighted by molar-refractivity contribution is 5.08. The van der Waals surface area contributed by atoms with Gasteiger partial charge in [-0.05, 0) is 38.1 Å². The summed E-state index contributed by atoms with van der Waals surface area (Å²) < 4.78 is 6.32. The van der Waals surface area contributed by atoms with Crippen molar-refractivity contribution in [2.75, 3.05) is 13.2 Å². The molecule has 0 bridgehead atoms. The summed E-state index contributed by atoms with van der Waals surface area (Å²) >= 11 is 0. The topological polar surface area (TPSA) is 21.3 Å². The van der Waals surface area contributed by atoms with Crippen molar-refractivity contribution in [2.24, 2.45) is 11.3 Å². The van der Waals surface area contributed by atoms with E-state index < -0.39 is 0 Å². The van der Waals surface area contributed by atoms with Crippen molar-refractivity contribution in [3.8, 4) is 0 Å². The van der Waals surface area contributed by atoms with Crippen LogP contribution in [0.1, 0.15) is 72.1 Å². The number of hydrogen-bond acceptors (Lipinski definition) is 2. The number of ether oxygens (including phenoxy) is 1. The predicted molar refractivity (Wildman–Crippen MR) is 81.4 cm³/mol. The van der Waals surface area contributed by atoms with Gasteiger partial charge in [0.2, 0.25) is 0 Å². The standard InChI is InChI=1S/C17H33NO/c1-4-9-14(3)13-19-16-12-15(18-5-2)17(16)10-7-6-8-11-17/h14-16,18H,4-13H2,1-3H3. The average Bonchev–Trinajstić information content (AvgIpc) is 2.43. The van der Waals surface area contributed by atoms with Crippen LogP contribution in [0.3, 0.4) is 0 Å². The Morgan fingerprint density at radius 3 is 2.58 bits per heavy atom. The Morgan fingerprint density at radius 1 is 1.21 bits per heavy atom. The van der Waals surface area contributed by atoms with Crippen molar-refractivity contribution in [3.63, 3.8) is 0 Å². The normalized spacial score (nSPS) is 31.1. The molecule has 2 aliphatic carbocycles. The van der Waals surface area contributed by atoms with Crippen LogP contribution in [-0.2, 0) is 4.74 Å². The van der Waals surface area contributed by atoms with Crippen LogP contribution in [0.15, 0.2) is 0 Å². The van der Waals surface area contributed by atoms with Gasteiger partial charge in [0.05, 0.1) is 6.10 Å². The van der Waals surface area contributed by atoms with Gasteiger partial charge in [-0.15, -0.1) is 0 Å². The summed E-state index contributed by atoms with van der Waals surface area (Å²) in [5.74, 6) is 0.726. The molecule has 0 saturated heterocycles. The van der Waals surface area contributed by atoms with Gasteiger partial charge in [0.15, 0.2) is 0 Å². The highest BCUT2D eigenvalue weighted by Gasteiger charge is 2.55. The van der Waals surface area contributed by atoms with Crippen LogP contribution >= 0.6 is 0 Å². The fraction of sp³-hybridized carbons (Fsp3) is 1.00. The van der Waals surface area contributed by atoms with Crippen LogP contribution in [0.5, 0.6) is 0 Å². The van der Waals surface area contributed by atoms with E-state index in [0.29, 0.717) is 11.5 Å². The summed E-state index contributed by atoms with van der Waals surface area (Å²) in [7, 11) is 0. The monoisotopic (exact) mass is 267 g/mol. The predicted octanol–water partition coefficient (Wildman–Crippen LogP) is 4.14. The molecule has 0 aliphatic heterocycles. The molecule has 0 heterocycles. The summed E-state index contributed by atoms with van der Waals surface area (Å²) in [5, 5.41) is 3.71. The zero-order valence-corrected chi connectivity index (χ0v) is 13.2. The van der Waals surface area contributed by atoms with E-state index >= 15 is 0 Å². The molecule has 0 radical (unpaired) electrons. The van der Waals surface area contributed by atoms with Gasteiger partial charge < -0.3 is 10.1 Å². The summed E-state index contributed by atoms with van der Waals surface area (Å²) in [6, 6.07) is 0.726. The second-order valence-electron chi connectivity index (χ2n) is 6.86. The van der Waals surface area contributed by atoms with Crippen molar-refractivity contribution >= 4 is 0 Å². The van der Waals surface area contributed by atoms with E-state index in [1.165, 1.54) is 51.4 Å². The second kappa shape index (κ2) is 7.08. The summed E-state index contributed by atoms with van der Waals surface area (Å²) in [6.07, 6.45) is 11.4. The van der Waals surface area contributed by atoms with Crippen LogP contribution in [0.2, 0.25) is 0 Å². The zero-order chi connectivity index (χ0) is 13.7. The molecule has 2 rings (SSSR count). The molecule has 112 valence electrons. The first-order valence-electron chi connectivity index (χ1n) is 8.58. The zero-order valence-electron chi connectivity index (χ0n) is 13.2. The van der Waals surface area contributed by atoms with Gasteiger partial charge in [0.25, 0.3) is 0 Å². The van der Waals surface area contributed by atoms with E-state index in [1.54, 1.807) is 0 Å².